The van der Waals surface area contributed by atoms with Crippen LogP contribution in [0.15, 0.2) is 0 Å². The topological polar surface area (TPSA) is 57.2 Å². The molecule has 4 nitrogen and oxygen atoms in total. The molecule has 26 heavy (non-hydrogen) atoms. The number of hydrogen-bond acceptors (Lipinski definition) is 3. The molecule has 158 valence electrons. The fraction of sp³-hybridized carbons (Fsp3) is 1.00. The Labute approximate surface area is 164 Å². The first-order valence-corrected chi connectivity index (χ1v) is 12.6. The highest BCUT2D eigenvalue weighted by Crippen LogP contribution is 2.13. The van der Waals surface area contributed by atoms with Crippen LogP contribution in [0.3, 0.4) is 0 Å². The Bertz CT molecular complexity index is 407. The summed E-state index contributed by atoms with van der Waals surface area (Å²) < 4.78 is 32.8. The van der Waals surface area contributed by atoms with Gasteiger partial charge in [-0.3, -0.25) is 0 Å². The highest BCUT2D eigenvalue weighted by molar-refractivity contribution is 7.85. The summed E-state index contributed by atoms with van der Waals surface area (Å²) in [6.07, 6.45) is 19.6. The van der Waals surface area contributed by atoms with E-state index < -0.39 is 10.1 Å². The first-order chi connectivity index (χ1) is 12.3. The van der Waals surface area contributed by atoms with Gasteiger partial charge in [0.05, 0.1) is 37.3 Å². The number of hydrogen-bond donors (Lipinski definition) is 0. The average molecular weight is 392 g/mol. The van der Waals surface area contributed by atoms with Crippen molar-refractivity contribution >= 4 is 10.1 Å². The van der Waals surface area contributed by atoms with Crippen molar-refractivity contribution in [1.82, 2.24) is 0 Å². The van der Waals surface area contributed by atoms with Gasteiger partial charge < -0.3 is 9.04 Å². The number of unbranched alkanes of at least 4 members (excludes halogenated alkanes) is 13. The molecule has 0 aliphatic heterocycles. The minimum atomic E-state index is -4.06. The maximum Gasteiger partial charge on any atom is 0.0948 e. The molecule has 0 aliphatic carbocycles. The standard InChI is InChI=1S/C21H45NO3S/c1-4-5-6-7-8-9-10-11-12-13-14-15-16-17-19-22(2,3)20-18-21-26(23,24)25/h4-21H2,1-3H3. The lowest BCUT2D eigenvalue weighted by Gasteiger charge is -2.30. The Morgan fingerprint density at radius 2 is 0.962 bits per heavy atom. The molecule has 0 aliphatic rings. The normalized spacial score (nSPS) is 12.6. The summed E-state index contributed by atoms with van der Waals surface area (Å²) in [6.45, 7) is 4.10. The average Bonchev–Trinajstić information content (AvgIpc) is 2.53. The van der Waals surface area contributed by atoms with Crippen LogP contribution in [0.5, 0.6) is 0 Å². The van der Waals surface area contributed by atoms with Gasteiger partial charge in [-0.25, -0.2) is 8.42 Å². The van der Waals surface area contributed by atoms with Crippen LogP contribution in [0.1, 0.15) is 103 Å². The predicted octanol–water partition coefficient (Wildman–Crippen LogP) is 5.48. The molecule has 0 rings (SSSR count). The van der Waals surface area contributed by atoms with Crippen LogP contribution in [-0.4, -0.2) is 50.4 Å². The summed E-state index contributed by atoms with van der Waals surface area (Å²) in [4.78, 5) is 0. The molecule has 0 aromatic rings. The molecule has 0 saturated heterocycles. The zero-order valence-electron chi connectivity index (χ0n) is 17.8. The third-order valence-corrected chi connectivity index (χ3v) is 6.06. The zero-order valence-corrected chi connectivity index (χ0v) is 18.6. The quantitative estimate of drug-likeness (QED) is 0.166. The van der Waals surface area contributed by atoms with Crippen LogP contribution >= 0.6 is 0 Å². The van der Waals surface area contributed by atoms with E-state index in [1.54, 1.807) is 0 Å². The Kier molecular flexibility index (Phi) is 15.8. The van der Waals surface area contributed by atoms with Crippen molar-refractivity contribution < 1.29 is 17.5 Å². The van der Waals surface area contributed by atoms with E-state index >= 15 is 0 Å². The maximum absolute atomic E-state index is 10.7. The van der Waals surface area contributed by atoms with E-state index in [4.69, 9.17) is 0 Å². The van der Waals surface area contributed by atoms with Crippen molar-refractivity contribution in [2.75, 3.05) is 32.9 Å². The molecule has 0 N–H and O–H groups in total. The van der Waals surface area contributed by atoms with Crippen LogP contribution in [0, 0.1) is 0 Å². The first kappa shape index (κ1) is 25.9. The van der Waals surface area contributed by atoms with Gasteiger partial charge in [0.25, 0.3) is 0 Å². The Balaban J connectivity index is 3.34. The number of quaternary nitrogens is 1. The van der Waals surface area contributed by atoms with Gasteiger partial charge in [0.1, 0.15) is 0 Å². The van der Waals surface area contributed by atoms with Gasteiger partial charge in [-0.15, -0.1) is 0 Å². The Morgan fingerprint density at radius 3 is 1.35 bits per heavy atom. The third-order valence-electron chi connectivity index (χ3n) is 5.27. The second-order valence-corrected chi connectivity index (χ2v) is 10.1. The number of rotatable bonds is 19. The van der Waals surface area contributed by atoms with Gasteiger partial charge in [-0.1, -0.05) is 84.0 Å². The fourth-order valence-corrected chi connectivity index (χ4v) is 4.00. The van der Waals surface area contributed by atoms with Crippen LogP contribution in [-0.2, 0) is 10.1 Å². The van der Waals surface area contributed by atoms with Crippen LogP contribution in [0.2, 0.25) is 0 Å². The monoisotopic (exact) mass is 391 g/mol. The molecule has 0 spiro atoms. The smallest absolute Gasteiger partial charge is 0.0948 e. The second kappa shape index (κ2) is 15.9. The van der Waals surface area contributed by atoms with E-state index in [-0.39, 0.29) is 5.75 Å². The van der Waals surface area contributed by atoms with Crippen molar-refractivity contribution in [3.63, 3.8) is 0 Å². The molecule has 0 fully saturated rings. The van der Waals surface area contributed by atoms with Crippen molar-refractivity contribution in [3.05, 3.63) is 0 Å². The molecule has 0 bridgehead atoms. The second-order valence-electron chi connectivity index (χ2n) is 8.59. The lowest BCUT2D eigenvalue weighted by Crippen LogP contribution is -2.41. The van der Waals surface area contributed by atoms with E-state index in [9.17, 15) is 13.0 Å². The Morgan fingerprint density at radius 1 is 0.615 bits per heavy atom. The molecule has 0 aromatic heterocycles. The molecular formula is C21H45NO3S. The van der Waals surface area contributed by atoms with Gasteiger partial charge in [0.15, 0.2) is 0 Å². The van der Waals surface area contributed by atoms with Crippen LogP contribution in [0.25, 0.3) is 0 Å². The molecule has 0 heterocycles. The summed E-state index contributed by atoms with van der Waals surface area (Å²) in [7, 11) is 0.193. The molecular weight excluding hydrogens is 346 g/mol. The minimum Gasteiger partial charge on any atom is -0.748 e. The fourth-order valence-electron chi connectivity index (χ4n) is 3.52. The number of nitrogens with zero attached hydrogens (tertiary/aromatic N) is 1. The maximum atomic E-state index is 10.7. The molecule has 0 aromatic carbocycles. The first-order valence-electron chi connectivity index (χ1n) is 11.0. The summed E-state index contributed by atoms with van der Waals surface area (Å²) in [5.74, 6) is -0.229. The predicted molar refractivity (Wildman–Crippen MR) is 111 cm³/mol. The lowest BCUT2D eigenvalue weighted by atomic mass is 10.0. The molecule has 0 atom stereocenters. The largest absolute Gasteiger partial charge is 0.748 e. The van der Waals surface area contributed by atoms with E-state index in [1.807, 2.05) is 0 Å². The summed E-state index contributed by atoms with van der Waals surface area (Å²) in [5.41, 5.74) is 0. The van der Waals surface area contributed by atoms with Crippen LogP contribution in [0.4, 0.5) is 0 Å². The highest BCUT2D eigenvalue weighted by atomic mass is 32.2. The van der Waals surface area contributed by atoms with Crippen LogP contribution < -0.4 is 0 Å². The van der Waals surface area contributed by atoms with E-state index in [1.165, 1.54) is 89.9 Å². The zero-order chi connectivity index (χ0) is 19.7. The molecule has 0 amide bonds. The summed E-state index contributed by atoms with van der Waals surface area (Å²) in [6, 6.07) is 0. The molecule has 0 radical (unpaired) electrons. The van der Waals surface area contributed by atoms with Gasteiger partial charge in [0.2, 0.25) is 0 Å². The van der Waals surface area contributed by atoms with E-state index in [2.05, 4.69) is 21.0 Å². The minimum absolute atomic E-state index is 0.229. The lowest BCUT2D eigenvalue weighted by molar-refractivity contribution is -0.890. The van der Waals surface area contributed by atoms with Gasteiger partial charge in [-0.2, -0.15) is 0 Å². The van der Waals surface area contributed by atoms with E-state index in [0.717, 1.165) is 17.6 Å². The summed E-state index contributed by atoms with van der Waals surface area (Å²) >= 11 is 0. The van der Waals surface area contributed by atoms with Crippen molar-refractivity contribution in [3.8, 4) is 0 Å². The SMILES string of the molecule is CCCCCCCCCCCCCCCC[N+](C)(C)CCCS(=O)(=O)[O-]. The Hall–Kier alpha value is -0.130. The molecule has 0 saturated carbocycles. The van der Waals surface area contributed by atoms with Gasteiger partial charge in [-0.05, 0) is 12.8 Å². The van der Waals surface area contributed by atoms with Crippen molar-refractivity contribution in [2.24, 2.45) is 0 Å². The molecule has 0 unspecified atom stereocenters. The van der Waals surface area contributed by atoms with Gasteiger partial charge >= 0.3 is 0 Å². The summed E-state index contributed by atoms with van der Waals surface area (Å²) in [5, 5.41) is 0. The highest BCUT2D eigenvalue weighted by Gasteiger charge is 2.14. The van der Waals surface area contributed by atoms with Crippen molar-refractivity contribution in [2.45, 2.75) is 103 Å². The van der Waals surface area contributed by atoms with Gasteiger partial charge in [0, 0.05) is 12.2 Å². The third kappa shape index (κ3) is 20.2. The van der Waals surface area contributed by atoms with Crippen molar-refractivity contribution in [1.29, 1.82) is 0 Å². The van der Waals surface area contributed by atoms with E-state index in [0.29, 0.717) is 6.42 Å². The molecule has 5 heteroatoms.